The van der Waals surface area contributed by atoms with E-state index in [0.717, 1.165) is 27.3 Å². The smallest absolute Gasteiger partial charge is 0.255 e. The van der Waals surface area contributed by atoms with Crippen molar-refractivity contribution in [1.29, 1.82) is 0 Å². The lowest BCUT2D eigenvalue weighted by molar-refractivity contribution is 0.102. The van der Waals surface area contributed by atoms with Crippen LogP contribution in [0.15, 0.2) is 36.4 Å². The molecule has 0 aliphatic heterocycles. The minimum Gasteiger partial charge on any atom is -0.493 e. The highest BCUT2D eigenvalue weighted by atomic mass is 32.1. The van der Waals surface area contributed by atoms with Crippen LogP contribution < -0.4 is 14.8 Å². The summed E-state index contributed by atoms with van der Waals surface area (Å²) in [5, 5.41) is 4.00. The second-order valence-corrected chi connectivity index (χ2v) is 6.28. The molecule has 0 unspecified atom stereocenters. The van der Waals surface area contributed by atoms with E-state index >= 15 is 0 Å². The zero-order valence-corrected chi connectivity index (χ0v) is 14.6. The van der Waals surface area contributed by atoms with Gasteiger partial charge >= 0.3 is 0 Å². The lowest BCUT2D eigenvalue weighted by atomic mass is 10.2. The topological polar surface area (TPSA) is 60.5 Å². The number of carbonyl (C=O) groups is 1. The average molecular weight is 342 g/mol. The van der Waals surface area contributed by atoms with Crippen molar-refractivity contribution >= 4 is 33.1 Å². The van der Waals surface area contributed by atoms with E-state index in [4.69, 9.17) is 9.47 Å². The van der Waals surface area contributed by atoms with E-state index in [1.165, 1.54) is 0 Å². The van der Waals surface area contributed by atoms with E-state index < -0.39 is 0 Å². The van der Waals surface area contributed by atoms with Gasteiger partial charge in [-0.1, -0.05) is 6.92 Å². The van der Waals surface area contributed by atoms with Crippen molar-refractivity contribution in [1.82, 2.24) is 4.98 Å². The van der Waals surface area contributed by atoms with Crippen molar-refractivity contribution < 1.29 is 14.3 Å². The standard InChI is InChI=1S/C18H18N2O3S/c1-4-17-20-13-7-6-12(10-16(13)24-17)19-18(21)11-5-8-14(22-2)15(9-11)23-3/h5-10H,4H2,1-3H3,(H,19,21). The third-order valence-corrected chi connectivity index (χ3v) is 4.80. The SMILES string of the molecule is CCc1nc2ccc(NC(=O)c3ccc(OC)c(OC)c3)cc2s1. The molecule has 0 aliphatic rings. The molecule has 0 radical (unpaired) electrons. The van der Waals surface area contributed by atoms with Crippen LogP contribution in [0, 0.1) is 0 Å². The number of methoxy groups -OCH3 is 2. The van der Waals surface area contributed by atoms with Crippen LogP contribution in [0.1, 0.15) is 22.3 Å². The number of hydrogen-bond acceptors (Lipinski definition) is 5. The Morgan fingerprint density at radius 3 is 2.62 bits per heavy atom. The summed E-state index contributed by atoms with van der Waals surface area (Å²) in [5.74, 6) is 0.915. The molecule has 124 valence electrons. The minimum atomic E-state index is -0.199. The number of anilines is 1. The van der Waals surface area contributed by atoms with Gasteiger partial charge in [0, 0.05) is 11.3 Å². The molecule has 0 saturated heterocycles. The second-order valence-electron chi connectivity index (χ2n) is 5.17. The van der Waals surface area contributed by atoms with Crippen LogP contribution >= 0.6 is 11.3 Å². The number of ether oxygens (including phenoxy) is 2. The zero-order valence-electron chi connectivity index (χ0n) is 13.8. The van der Waals surface area contributed by atoms with Gasteiger partial charge in [-0.15, -0.1) is 11.3 Å². The van der Waals surface area contributed by atoms with Gasteiger partial charge in [-0.3, -0.25) is 4.79 Å². The number of nitrogens with zero attached hydrogens (tertiary/aromatic N) is 1. The summed E-state index contributed by atoms with van der Waals surface area (Å²) in [6.07, 6.45) is 0.909. The maximum absolute atomic E-state index is 12.5. The Balaban J connectivity index is 1.83. The van der Waals surface area contributed by atoms with Crippen molar-refractivity contribution in [2.45, 2.75) is 13.3 Å². The molecule has 5 nitrogen and oxygen atoms in total. The van der Waals surface area contributed by atoms with E-state index in [0.29, 0.717) is 17.1 Å². The van der Waals surface area contributed by atoms with E-state index in [2.05, 4.69) is 17.2 Å². The number of amides is 1. The highest BCUT2D eigenvalue weighted by molar-refractivity contribution is 7.18. The number of fused-ring (bicyclic) bond motifs is 1. The van der Waals surface area contributed by atoms with Gasteiger partial charge in [-0.25, -0.2) is 4.98 Å². The number of thiazole rings is 1. The summed E-state index contributed by atoms with van der Waals surface area (Å²) in [5.41, 5.74) is 2.21. The first-order valence-corrected chi connectivity index (χ1v) is 8.39. The number of aryl methyl sites for hydroxylation is 1. The van der Waals surface area contributed by atoms with Crippen molar-refractivity contribution in [3.8, 4) is 11.5 Å². The van der Waals surface area contributed by atoms with Gasteiger partial charge in [-0.2, -0.15) is 0 Å². The van der Waals surface area contributed by atoms with Gasteiger partial charge in [-0.05, 0) is 42.8 Å². The number of rotatable bonds is 5. The van der Waals surface area contributed by atoms with Crippen molar-refractivity contribution in [3.63, 3.8) is 0 Å². The number of nitrogens with one attached hydrogen (secondary N) is 1. The Bertz CT molecular complexity index is 889. The first-order chi connectivity index (χ1) is 11.6. The van der Waals surface area contributed by atoms with Gasteiger partial charge in [0.2, 0.25) is 0 Å². The lowest BCUT2D eigenvalue weighted by Gasteiger charge is -2.10. The Hall–Kier alpha value is -2.60. The molecule has 1 N–H and O–H groups in total. The molecule has 3 aromatic rings. The Morgan fingerprint density at radius 1 is 1.12 bits per heavy atom. The normalized spacial score (nSPS) is 10.6. The molecule has 2 aromatic carbocycles. The molecular weight excluding hydrogens is 324 g/mol. The average Bonchev–Trinajstić information content (AvgIpc) is 3.03. The van der Waals surface area contributed by atoms with Crippen molar-refractivity contribution in [3.05, 3.63) is 47.0 Å². The van der Waals surface area contributed by atoms with Gasteiger partial charge in [0.05, 0.1) is 29.4 Å². The van der Waals surface area contributed by atoms with E-state index in [-0.39, 0.29) is 5.91 Å². The first-order valence-electron chi connectivity index (χ1n) is 7.57. The minimum absolute atomic E-state index is 0.199. The van der Waals surface area contributed by atoms with E-state index in [1.807, 2.05) is 18.2 Å². The van der Waals surface area contributed by atoms with E-state index in [1.54, 1.807) is 43.8 Å². The van der Waals surface area contributed by atoms with Gasteiger partial charge < -0.3 is 14.8 Å². The molecule has 1 amide bonds. The van der Waals surface area contributed by atoms with Crippen LogP contribution in [0.4, 0.5) is 5.69 Å². The van der Waals surface area contributed by atoms with Gasteiger partial charge in [0.15, 0.2) is 11.5 Å². The Labute approximate surface area is 144 Å². The van der Waals surface area contributed by atoms with Gasteiger partial charge in [0.1, 0.15) is 0 Å². The number of benzene rings is 2. The third kappa shape index (κ3) is 3.19. The van der Waals surface area contributed by atoms with Gasteiger partial charge in [0.25, 0.3) is 5.91 Å². The molecule has 0 fully saturated rings. The summed E-state index contributed by atoms with van der Waals surface area (Å²) in [4.78, 5) is 17.0. The lowest BCUT2D eigenvalue weighted by Crippen LogP contribution is -2.12. The Morgan fingerprint density at radius 2 is 1.92 bits per heavy atom. The van der Waals surface area contributed by atoms with Crippen molar-refractivity contribution in [2.24, 2.45) is 0 Å². The molecule has 6 heteroatoms. The summed E-state index contributed by atoms with van der Waals surface area (Å²) in [6.45, 7) is 2.08. The number of hydrogen-bond donors (Lipinski definition) is 1. The fourth-order valence-electron chi connectivity index (χ4n) is 2.38. The molecule has 1 heterocycles. The quantitative estimate of drug-likeness (QED) is 0.757. The zero-order chi connectivity index (χ0) is 17.1. The fraction of sp³-hybridized carbons (Fsp3) is 0.222. The predicted molar refractivity (Wildman–Crippen MR) is 96.5 cm³/mol. The molecule has 0 bridgehead atoms. The predicted octanol–water partition coefficient (Wildman–Crippen LogP) is 4.13. The molecule has 0 saturated carbocycles. The summed E-state index contributed by atoms with van der Waals surface area (Å²) in [6, 6.07) is 10.8. The van der Waals surface area contributed by atoms with Crippen LogP contribution in [0.2, 0.25) is 0 Å². The van der Waals surface area contributed by atoms with Crippen LogP contribution in [0.3, 0.4) is 0 Å². The number of carbonyl (C=O) groups excluding carboxylic acids is 1. The molecular formula is C18H18N2O3S. The maximum atomic E-state index is 12.5. The molecule has 0 spiro atoms. The maximum Gasteiger partial charge on any atom is 0.255 e. The van der Waals surface area contributed by atoms with Crippen LogP contribution in [0.5, 0.6) is 11.5 Å². The first kappa shape index (κ1) is 16.3. The summed E-state index contributed by atoms with van der Waals surface area (Å²) < 4.78 is 11.5. The second kappa shape index (κ2) is 6.88. The van der Waals surface area contributed by atoms with Crippen molar-refractivity contribution in [2.75, 3.05) is 19.5 Å². The molecule has 3 rings (SSSR count). The molecule has 1 aromatic heterocycles. The van der Waals surface area contributed by atoms with Crippen LogP contribution in [0.25, 0.3) is 10.2 Å². The summed E-state index contributed by atoms with van der Waals surface area (Å²) in [7, 11) is 3.11. The van der Waals surface area contributed by atoms with Crippen LogP contribution in [-0.4, -0.2) is 25.1 Å². The highest BCUT2D eigenvalue weighted by Crippen LogP contribution is 2.29. The molecule has 0 aliphatic carbocycles. The summed E-state index contributed by atoms with van der Waals surface area (Å²) >= 11 is 1.65. The van der Waals surface area contributed by atoms with E-state index in [9.17, 15) is 4.79 Å². The molecule has 0 atom stereocenters. The molecule has 24 heavy (non-hydrogen) atoms. The van der Waals surface area contributed by atoms with Crippen LogP contribution in [-0.2, 0) is 6.42 Å². The monoisotopic (exact) mass is 342 g/mol. The number of aromatic nitrogens is 1. The Kier molecular flexibility index (Phi) is 4.66. The fourth-order valence-corrected chi connectivity index (χ4v) is 3.33. The third-order valence-electron chi connectivity index (χ3n) is 3.64. The largest absolute Gasteiger partial charge is 0.493 e. The highest BCUT2D eigenvalue weighted by Gasteiger charge is 2.12.